The molecule has 7 nitrogen and oxygen atoms in total. The second kappa shape index (κ2) is 16.5. The third-order valence-electron chi connectivity index (χ3n) is 6.31. The molecule has 3 amide bonds. The van der Waals surface area contributed by atoms with Crippen molar-refractivity contribution < 1.29 is 23.5 Å². The second-order valence-corrected chi connectivity index (χ2v) is 10.5. The molecule has 8 heteroatoms. The van der Waals surface area contributed by atoms with Crippen LogP contribution in [0.4, 0.5) is 4.39 Å². The van der Waals surface area contributed by atoms with E-state index in [0.29, 0.717) is 43.9 Å². The highest BCUT2D eigenvalue weighted by molar-refractivity contribution is 5.92. The fraction of sp³-hybridized carbons (Fsp3) is 0.516. The van der Waals surface area contributed by atoms with E-state index in [0.717, 1.165) is 24.2 Å². The van der Waals surface area contributed by atoms with Crippen molar-refractivity contribution in [3.63, 3.8) is 0 Å². The van der Waals surface area contributed by atoms with Gasteiger partial charge in [0.05, 0.1) is 6.61 Å². The van der Waals surface area contributed by atoms with Crippen LogP contribution >= 0.6 is 0 Å². The minimum Gasteiger partial charge on any atom is -0.493 e. The lowest BCUT2D eigenvalue weighted by Gasteiger charge is -2.22. The normalized spacial score (nSPS) is 13.3. The summed E-state index contributed by atoms with van der Waals surface area (Å²) >= 11 is 0. The first kappa shape index (κ1) is 31.8. The van der Waals surface area contributed by atoms with E-state index in [1.54, 1.807) is 26.0 Å². The van der Waals surface area contributed by atoms with Crippen LogP contribution < -0.4 is 20.7 Å². The minimum absolute atomic E-state index is 0.243. The lowest BCUT2D eigenvalue weighted by Crippen LogP contribution is -2.53. The molecule has 2 aromatic carbocycles. The van der Waals surface area contributed by atoms with Crippen LogP contribution in [0.15, 0.2) is 48.5 Å². The highest BCUT2D eigenvalue weighted by atomic mass is 19.1. The van der Waals surface area contributed by atoms with E-state index in [1.807, 2.05) is 31.2 Å². The van der Waals surface area contributed by atoms with Gasteiger partial charge in [-0.25, -0.2) is 4.39 Å². The van der Waals surface area contributed by atoms with Crippen LogP contribution in [-0.2, 0) is 27.2 Å². The third-order valence-corrected chi connectivity index (χ3v) is 6.31. The van der Waals surface area contributed by atoms with E-state index in [-0.39, 0.29) is 17.6 Å². The van der Waals surface area contributed by atoms with Crippen LogP contribution in [0.3, 0.4) is 0 Å². The van der Waals surface area contributed by atoms with E-state index in [9.17, 15) is 18.8 Å². The number of para-hydroxylation sites is 1. The number of nitrogens with one attached hydrogen (secondary N) is 3. The maximum absolute atomic E-state index is 13.4. The van der Waals surface area contributed by atoms with Crippen molar-refractivity contribution in [2.45, 2.75) is 78.8 Å². The molecule has 0 spiro atoms. The topological polar surface area (TPSA) is 96.5 Å². The molecule has 3 atom stereocenters. The Hall–Kier alpha value is -3.42. The van der Waals surface area contributed by atoms with Gasteiger partial charge in [0.15, 0.2) is 0 Å². The first-order chi connectivity index (χ1) is 18.6. The van der Waals surface area contributed by atoms with Crippen molar-refractivity contribution in [3.05, 3.63) is 65.5 Å². The van der Waals surface area contributed by atoms with Crippen molar-refractivity contribution in [1.29, 1.82) is 0 Å². The van der Waals surface area contributed by atoms with Crippen molar-refractivity contribution >= 4 is 17.7 Å². The molecule has 0 aliphatic rings. The second-order valence-electron chi connectivity index (χ2n) is 10.5. The van der Waals surface area contributed by atoms with Crippen molar-refractivity contribution in [1.82, 2.24) is 16.0 Å². The van der Waals surface area contributed by atoms with Gasteiger partial charge in [-0.1, -0.05) is 64.4 Å². The quantitative estimate of drug-likeness (QED) is 0.271. The van der Waals surface area contributed by atoms with Gasteiger partial charge in [0.2, 0.25) is 17.7 Å². The largest absolute Gasteiger partial charge is 0.493 e. The van der Waals surface area contributed by atoms with Gasteiger partial charge in [0.25, 0.3) is 0 Å². The summed E-state index contributed by atoms with van der Waals surface area (Å²) in [6.45, 7) is 10.6. The predicted molar refractivity (Wildman–Crippen MR) is 152 cm³/mol. The fourth-order valence-electron chi connectivity index (χ4n) is 4.11. The molecular weight excluding hydrogens is 497 g/mol. The Labute approximate surface area is 232 Å². The Bertz CT molecular complexity index is 1080. The van der Waals surface area contributed by atoms with Gasteiger partial charge >= 0.3 is 0 Å². The molecule has 0 radical (unpaired) electrons. The Morgan fingerprint density at radius 3 is 2.36 bits per heavy atom. The molecule has 2 aromatic rings. The molecule has 0 aliphatic heterocycles. The van der Waals surface area contributed by atoms with Crippen LogP contribution in [0.25, 0.3) is 0 Å². The lowest BCUT2D eigenvalue weighted by atomic mass is 10.00. The first-order valence-corrected chi connectivity index (χ1v) is 13.9. The van der Waals surface area contributed by atoms with Crippen LogP contribution in [0.5, 0.6) is 5.75 Å². The third kappa shape index (κ3) is 11.5. The van der Waals surface area contributed by atoms with Crippen molar-refractivity contribution in [3.8, 4) is 5.75 Å². The van der Waals surface area contributed by atoms with Crippen LogP contribution in [-0.4, -0.2) is 43.0 Å². The summed E-state index contributed by atoms with van der Waals surface area (Å²) < 4.78 is 19.3. The standard InChI is InChI=1S/C31H44FN3O4/c1-6-11-27(31(38)33-17-10-14-25-13-7-8-16-28(25)39-20-21(2)3)35-30(37)23(5)34-29(36)22(4)18-24-12-9-15-26(32)19-24/h7-9,12-13,15-16,19,21-23,27H,6,10-11,14,17-18,20H2,1-5H3,(H,33,38)(H,34,36)(H,35,37)/t22-,23-,27+/m1/s1. The van der Waals surface area contributed by atoms with Gasteiger partial charge in [-0.2, -0.15) is 0 Å². The minimum atomic E-state index is -0.818. The molecule has 0 aromatic heterocycles. The number of aryl methyl sites for hydroxylation is 1. The smallest absolute Gasteiger partial charge is 0.242 e. The van der Waals surface area contributed by atoms with Crippen molar-refractivity contribution in [2.75, 3.05) is 13.2 Å². The maximum atomic E-state index is 13.4. The molecule has 0 aliphatic carbocycles. The predicted octanol–water partition coefficient (Wildman–Crippen LogP) is 4.58. The maximum Gasteiger partial charge on any atom is 0.242 e. The van der Waals surface area contributed by atoms with Crippen LogP contribution in [0.2, 0.25) is 0 Å². The zero-order valence-electron chi connectivity index (χ0n) is 23.9. The highest BCUT2D eigenvalue weighted by Crippen LogP contribution is 2.20. The van der Waals surface area contributed by atoms with E-state index in [4.69, 9.17) is 4.74 Å². The summed E-state index contributed by atoms with van der Waals surface area (Å²) in [4.78, 5) is 38.2. The number of rotatable bonds is 16. The summed E-state index contributed by atoms with van der Waals surface area (Å²) in [6.07, 6.45) is 3.05. The Kier molecular flexibility index (Phi) is 13.5. The fourth-order valence-corrected chi connectivity index (χ4v) is 4.11. The van der Waals surface area contributed by atoms with E-state index in [1.165, 1.54) is 12.1 Å². The number of carbonyl (C=O) groups is 3. The van der Waals surface area contributed by atoms with Gasteiger partial charge in [0.1, 0.15) is 23.7 Å². The van der Waals surface area contributed by atoms with Crippen LogP contribution in [0.1, 0.15) is 65.0 Å². The Morgan fingerprint density at radius 2 is 1.67 bits per heavy atom. The van der Waals surface area contributed by atoms with Gasteiger partial charge in [0, 0.05) is 12.5 Å². The average molecular weight is 542 g/mol. The number of hydrogen-bond donors (Lipinski definition) is 3. The number of ether oxygens (including phenoxy) is 1. The molecule has 0 fully saturated rings. The zero-order valence-corrected chi connectivity index (χ0v) is 23.9. The summed E-state index contributed by atoms with van der Waals surface area (Å²) in [5.74, 6) is -0.473. The Morgan fingerprint density at radius 1 is 0.923 bits per heavy atom. The van der Waals surface area contributed by atoms with Crippen molar-refractivity contribution in [2.24, 2.45) is 11.8 Å². The van der Waals surface area contributed by atoms with Gasteiger partial charge in [-0.15, -0.1) is 0 Å². The highest BCUT2D eigenvalue weighted by Gasteiger charge is 2.25. The molecule has 39 heavy (non-hydrogen) atoms. The molecule has 3 N–H and O–H groups in total. The zero-order chi connectivity index (χ0) is 28.8. The molecule has 0 heterocycles. The number of carbonyl (C=O) groups excluding carboxylic acids is 3. The van der Waals surface area contributed by atoms with Gasteiger partial charge in [-0.3, -0.25) is 14.4 Å². The summed E-state index contributed by atoms with van der Waals surface area (Å²) in [5.41, 5.74) is 1.81. The monoisotopic (exact) mass is 541 g/mol. The molecular formula is C31H44FN3O4. The SMILES string of the molecule is CCC[C@H](NC(=O)[C@@H](C)NC(=O)[C@H](C)Cc1cccc(F)c1)C(=O)NCCCc1ccccc1OCC(C)C. The average Bonchev–Trinajstić information content (AvgIpc) is 2.89. The van der Waals surface area contributed by atoms with Crippen LogP contribution in [0, 0.1) is 17.7 Å². The number of hydrogen-bond acceptors (Lipinski definition) is 4. The number of amides is 3. The van der Waals surface area contributed by atoms with E-state index in [2.05, 4.69) is 29.8 Å². The Balaban J connectivity index is 1.82. The summed E-state index contributed by atoms with van der Waals surface area (Å²) in [6, 6.07) is 12.5. The van der Waals surface area contributed by atoms with E-state index < -0.39 is 23.9 Å². The lowest BCUT2D eigenvalue weighted by molar-refractivity contribution is -0.132. The number of halogens is 1. The molecule has 0 saturated carbocycles. The molecule has 2 rings (SSSR count). The van der Waals surface area contributed by atoms with Gasteiger partial charge in [-0.05, 0) is 67.9 Å². The van der Waals surface area contributed by atoms with E-state index >= 15 is 0 Å². The molecule has 0 unspecified atom stereocenters. The van der Waals surface area contributed by atoms with Gasteiger partial charge < -0.3 is 20.7 Å². The summed E-state index contributed by atoms with van der Waals surface area (Å²) in [7, 11) is 0. The molecule has 0 saturated heterocycles. The molecule has 214 valence electrons. The molecule has 0 bridgehead atoms. The summed E-state index contributed by atoms with van der Waals surface area (Å²) in [5, 5.41) is 8.41. The number of benzene rings is 2. The first-order valence-electron chi connectivity index (χ1n) is 13.9.